The van der Waals surface area contributed by atoms with Gasteiger partial charge in [-0.05, 0) is 24.6 Å². The Morgan fingerprint density at radius 2 is 2.11 bits per heavy atom. The predicted octanol–water partition coefficient (Wildman–Crippen LogP) is 1.10. The molecule has 0 radical (unpaired) electrons. The lowest BCUT2D eigenvalue weighted by molar-refractivity contribution is -0.152. The number of ether oxygens (including phenoxy) is 2. The van der Waals surface area contributed by atoms with E-state index in [2.05, 4.69) is 5.32 Å². The molecule has 1 aromatic carbocycles. The van der Waals surface area contributed by atoms with E-state index in [0.717, 1.165) is 0 Å². The van der Waals surface area contributed by atoms with Gasteiger partial charge in [0, 0.05) is 0 Å². The van der Waals surface area contributed by atoms with Crippen LogP contribution < -0.4 is 5.32 Å². The Kier molecular flexibility index (Phi) is 3.36. The van der Waals surface area contributed by atoms with Crippen LogP contribution in [0.15, 0.2) is 24.3 Å². The average molecular weight is 251 g/mol. The van der Waals surface area contributed by atoms with Gasteiger partial charge in [-0.25, -0.2) is 9.59 Å². The Balaban J connectivity index is 2.21. The van der Waals surface area contributed by atoms with Crippen LogP contribution in [-0.4, -0.2) is 29.9 Å². The molecule has 0 saturated carbocycles. The fourth-order valence-electron chi connectivity index (χ4n) is 1.77. The van der Waals surface area contributed by atoms with E-state index in [0.29, 0.717) is 5.56 Å². The lowest BCUT2D eigenvalue weighted by atomic mass is 10.0. The molecule has 96 valence electrons. The number of hydrogen-bond acceptors (Lipinski definition) is 5. The van der Waals surface area contributed by atoms with Crippen LogP contribution in [0, 0.1) is 0 Å². The van der Waals surface area contributed by atoms with E-state index in [1.165, 1.54) is 12.1 Å². The highest BCUT2D eigenvalue weighted by molar-refractivity contribution is 5.83. The summed E-state index contributed by atoms with van der Waals surface area (Å²) in [5.74, 6) is -0.481. The van der Waals surface area contributed by atoms with Crippen LogP contribution >= 0.6 is 0 Å². The van der Waals surface area contributed by atoms with Crippen molar-refractivity contribution in [3.05, 3.63) is 29.8 Å². The molecule has 1 saturated heterocycles. The zero-order valence-electron chi connectivity index (χ0n) is 9.75. The molecule has 1 aliphatic heterocycles. The van der Waals surface area contributed by atoms with Crippen LogP contribution in [0.1, 0.15) is 18.5 Å². The third-order valence-electron chi connectivity index (χ3n) is 2.58. The van der Waals surface area contributed by atoms with Gasteiger partial charge in [0.15, 0.2) is 0 Å². The van der Waals surface area contributed by atoms with E-state index in [-0.39, 0.29) is 12.4 Å². The largest absolute Gasteiger partial charge is 0.508 e. The number of nitrogens with one attached hydrogen (secondary N) is 1. The molecule has 1 aromatic rings. The standard InChI is InChI=1S/C12H13NO5/c1-2-17-11(15)10-9(13-12(16)18-10)7-3-5-8(14)6-4-7/h3-6,9-10,14H,2H2,1H3,(H,13,16). The highest BCUT2D eigenvalue weighted by atomic mass is 16.6. The topological polar surface area (TPSA) is 84.9 Å². The first-order chi connectivity index (χ1) is 8.61. The van der Waals surface area contributed by atoms with E-state index >= 15 is 0 Å². The minimum atomic E-state index is -0.998. The van der Waals surface area contributed by atoms with Crippen LogP contribution in [0.5, 0.6) is 5.75 Å². The second kappa shape index (κ2) is 4.95. The Hall–Kier alpha value is -2.24. The molecular weight excluding hydrogens is 238 g/mol. The van der Waals surface area contributed by atoms with Gasteiger partial charge in [0.25, 0.3) is 0 Å². The number of esters is 1. The van der Waals surface area contributed by atoms with Gasteiger partial charge in [-0.2, -0.15) is 0 Å². The number of aromatic hydroxyl groups is 1. The first kappa shape index (κ1) is 12.2. The summed E-state index contributed by atoms with van der Waals surface area (Å²) in [7, 11) is 0. The van der Waals surface area contributed by atoms with Crippen molar-refractivity contribution in [2.75, 3.05) is 6.61 Å². The third kappa shape index (κ3) is 2.37. The first-order valence-corrected chi connectivity index (χ1v) is 5.54. The summed E-state index contributed by atoms with van der Waals surface area (Å²) < 4.78 is 9.73. The van der Waals surface area contributed by atoms with Gasteiger partial charge < -0.3 is 19.9 Å². The predicted molar refractivity (Wildman–Crippen MR) is 60.9 cm³/mol. The number of hydrogen-bond donors (Lipinski definition) is 2. The van der Waals surface area contributed by atoms with Crippen molar-refractivity contribution in [3.63, 3.8) is 0 Å². The van der Waals surface area contributed by atoms with Crippen LogP contribution in [0.3, 0.4) is 0 Å². The van der Waals surface area contributed by atoms with Crippen LogP contribution in [0.2, 0.25) is 0 Å². The van der Waals surface area contributed by atoms with E-state index in [1.54, 1.807) is 19.1 Å². The minimum absolute atomic E-state index is 0.108. The van der Waals surface area contributed by atoms with Crippen molar-refractivity contribution < 1.29 is 24.2 Å². The van der Waals surface area contributed by atoms with Crippen LogP contribution in [0.25, 0.3) is 0 Å². The fraction of sp³-hybridized carbons (Fsp3) is 0.333. The zero-order valence-corrected chi connectivity index (χ0v) is 9.75. The third-order valence-corrected chi connectivity index (χ3v) is 2.58. The quantitative estimate of drug-likeness (QED) is 0.786. The minimum Gasteiger partial charge on any atom is -0.508 e. The van der Waals surface area contributed by atoms with Crippen molar-refractivity contribution >= 4 is 12.1 Å². The maximum atomic E-state index is 11.7. The van der Waals surface area contributed by atoms with Crippen molar-refractivity contribution in [1.82, 2.24) is 5.32 Å². The summed E-state index contributed by atoms with van der Waals surface area (Å²) in [4.78, 5) is 22.9. The lowest BCUT2D eigenvalue weighted by Gasteiger charge is -2.15. The highest BCUT2D eigenvalue weighted by Crippen LogP contribution is 2.26. The normalized spacial score (nSPS) is 22.2. The van der Waals surface area contributed by atoms with Gasteiger partial charge in [0.1, 0.15) is 11.8 Å². The van der Waals surface area contributed by atoms with Crippen molar-refractivity contribution in [1.29, 1.82) is 0 Å². The molecule has 2 rings (SSSR count). The number of carbonyl (C=O) groups excluding carboxylic acids is 2. The fourth-order valence-corrected chi connectivity index (χ4v) is 1.77. The number of phenols is 1. The van der Waals surface area contributed by atoms with Gasteiger partial charge in [-0.15, -0.1) is 0 Å². The summed E-state index contributed by atoms with van der Waals surface area (Å²) in [5.41, 5.74) is 0.664. The molecule has 1 fully saturated rings. The van der Waals surface area contributed by atoms with Gasteiger partial charge in [-0.3, -0.25) is 0 Å². The van der Waals surface area contributed by atoms with E-state index in [4.69, 9.17) is 9.47 Å². The molecule has 2 N–H and O–H groups in total. The monoisotopic (exact) mass is 251 g/mol. The molecule has 1 amide bonds. The van der Waals surface area contributed by atoms with Crippen molar-refractivity contribution in [2.45, 2.75) is 19.1 Å². The molecule has 6 heteroatoms. The summed E-state index contributed by atoms with van der Waals surface area (Å²) >= 11 is 0. The molecular formula is C12H13NO5. The molecule has 0 aromatic heterocycles. The average Bonchev–Trinajstić information content (AvgIpc) is 2.73. The Morgan fingerprint density at radius 1 is 1.44 bits per heavy atom. The van der Waals surface area contributed by atoms with Crippen molar-refractivity contribution in [3.8, 4) is 5.75 Å². The number of rotatable bonds is 3. The van der Waals surface area contributed by atoms with Gasteiger partial charge >= 0.3 is 12.1 Å². The summed E-state index contributed by atoms with van der Waals surface area (Å²) in [6.45, 7) is 1.90. The number of amides is 1. The Bertz CT molecular complexity index is 456. The number of phenolic OH excluding ortho intramolecular Hbond substituents is 1. The number of cyclic esters (lactones) is 1. The molecule has 1 aliphatic rings. The smallest absolute Gasteiger partial charge is 0.408 e. The van der Waals surface area contributed by atoms with Crippen molar-refractivity contribution in [2.24, 2.45) is 0 Å². The Labute approximate surface area is 104 Å². The summed E-state index contributed by atoms with van der Waals surface area (Å²) in [6.07, 6.45) is -1.66. The van der Waals surface area contributed by atoms with Gasteiger partial charge in [0.05, 0.1) is 6.61 Å². The molecule has 6 nitrogen and oxygen atoms in total. The molecule has 1 heterocycles. The molecule has 0 bridgehead atoms. The summed E-state index contributed by atoms with van der Waals surface area (Å²) in [5, 5.41) is 11.7. The van der Waals surface area contributed by atoms with Crippen LogP contribution in [0.4, 0.5) is 4.79 Å². The molecule has 0 aliphatic carbocycles. The van der Waals surface area contributed by atoms with E-state index < -0.39 is 24.2 Å². The Morgan fingerprint density at radius 3 is 2.72 bits per heavy atom. The molecule has 2 unspecified atom stereocenters. The second-order valence-corrected chi connectivity index (χ2v) is 3.79. The maximum Gasteiger partial charge on any atom is 0.408 e. The van der Waals surface area contributed by atoms with Gasteiger partial charge in [0.2, 0.25) is 6.10 Å². The summed E-state index contributed by atoms with van der Waals surface area (Å²) in [6, 6.07) is 5.57. The number of carbonyl (C=O) groups is 2. The molecule has 18 heavy (non-hydrogen) atoms. The number of alkyl carbamates (subject to hydrolysis) is 1. The van der Waals surface area contributed by atoms with Crippen LogP contribution in [-0.2, 0) is 14.3 Å². The highest BCUT2D eigenvalue weighted by Gasteiger charge is 2.41. The lowest BCUT2D eigenvalue weighted by Crippen LogP contribution is -2.30. The van der Waals surface area contributed by atoms with E-state index in [1.807, 2.05) is 0 Å². The zero-order chi connectivity index (χ0) is 13.1. The first-order valence-electron chi connectivity index (χ1n) is 5.54. The number of benzene rings is 1. The second-order valence-electron chi connectivity index (χ2n) is 3.79. The SMILES string of the molecule is CCOC(=O)C1OC(=O)NC1c1ccc(O)cc1. The van der Waals surface area contributed by atoms with E-state index in [9.17, 15) is 14.7 Å². The molecule has 0 spiro atoms. The molecule has 2 atom stereocenters. The van der Waals surface area contributed by atoms with Gasteiger partial charge in [-0.1, -0.05) is 12.1 Å². The maximum absolute atomic E-state index is 11.7.